The summed E-state index contributed by atoms with van der Waals surface area (Å²) in [5, 5.41) is 31.8. The first-order valence-corrected chi connectivity index (χ1v) is 11.5. The summed E-state index contributed by atoms with van der Waals surface area (Å²) in [5.41, 5.74) is 7.50. The number of benzene rings is 4. The van der Waals surface area contributed by atoms with Gasteiger partial charge in [0.1, 0.15) is 11.5 Å². The van der Waals surface area contributed by atoms with Crippen LogP contribution in [0.3, 0.4) is 0 Å². The predicted octanol–water partition coefficient (Wildman–Crippen LogP) is 7.92. The van der Waals surface area contributed by atoms with Gasteiger partial charge >= 0.3 is 0 Å². The van der Waals surface area contributed by atoms with E-state index in [4.69, 9.17) is 4.74 Å². The number of anilines is 3. The highest BCUT2D eigenvalue weighted by Crippen LogP contribution is 2.47. The van der Waals surface area contributed by atoms with Crippen molar-refractivity contribution in [3.05, 3.63) is 94.0 Å². The summed E-state index contributed by atoms with van der Waals surface area (Å²) < 4.78 is 6.35. The van der Waals surface area contributed by atoms with Gasteiger partial charge in [0.05, 0.1) is 17.1 Å². The Labute approximate surface area is 206 Å². The Morgan fingerprint density at radius 2 is 1.09 bits per heavy atom. The van der Waals surface area contributed by atoms with Crippen LogP contribution in [0.1, 0.15) is 33.4 Å². The van der Waals surface area contributed by atoms with Crippen LogP contribution in [-0.4, -0.2) is 15.3 Å². The summed E-state index contributed by atoms with van der Waals surface area (Å²) in [4.78, 5) is 1.97. The van der Waals surface area contributed by atoms with E-state index >= 15 is 0 Å². The molecule has 35 heavy (non-hydrogen) atoms. The molecule has 0 heterocycles. The van der Waals surface area contributed by atoms with Crippen LogP contribution in [0, 0.1) is 41.5 Å². The molecule has 0 spiro atoms. The second-order valence-corrected chi connectivity index (χ2v) is 9.11. The van der Waals surface area contributed by atoms with E-state index in [0.717, 1.165) is 44.8 Å². The van der Waals surface area contributed by atoms with Crippen molar-refractivity contribution in [2.24, 2.45) is 0 Å². The molecular formula is C30H31NO4. The third kappa shape index (κ3) is 4.50. The van der Waals surface area contributed by atoms with Crippen molar-refractivity contribution in [3.63, 3.8) is 0 Å². The Bertz CT molecular complexity index is 1370. The third-order valence-corrected chi connectivity index (χ3v) is 6.48. The number of para-hydroxylation sites is 2. The van der Waals surface area contributed by atoms with Gasteiger partial charge in [0.15, 0.2) is 17.2 Å². The van der Waals surface area contributed by atoms with Gasteiger partial charge in [0, 0.05) is 12.1 Å². The van der Waals surface area contributed by atoms with Crippen LogP contribution in [0.25, 0.3) is 0 Å². The minimum atomic E-state index is 0.0581. The van der Waals surface area contributed by atoms with Crippen molar-refractivity contribution in [2.75, 3.05) is 4.90 Å². The zero-order chi connectivity index (χ0) is 25.4. The summed E-state index contributed by atoms with van der Waals surface area (Å²) in [6.45, 7) is 11.6. The number of phenols is 3. The molecule has 180 valence electrons. The maximum atomic E-state index is 10.6. The number of phenolic OH excluding ortho intramolecular Hbond substituents is 3. The van der Waals surface area contributed by atoms with Gasteiger partial charge in [0.25, 0.3) is 0 Å². The minimum absolute atomic E-state index is 0.0581. The topological polar surface area (TPSA) is 73.2 Å². The number of aryl methyl sites for hydroxylation is 5. The molecule has 4 rings (SSSR count). The van der Waals surface area contributed by atoms with E-state index in [1.165, 1.54) is 0 Å². The third-order valence-electron chi connectivity index (χ3n) is 6.48. The predicted molar refractivity (Wildman–Crippen MR) is 141 cm³/mol. The molecular weight excluding hydrogens is 438 g/mol. The molecule has 5 heteroatoms. The minimum Gasteiger partial charge on any atom is -0.508 e. The van der Waals surface area contributed by atoms with Gasteiger partial charge in [-0.1, -0.05) is 30.3 Å². The summed E-state index contributed by atoms with van der Waals surface area (Å²) in [7, 11) is 0. The SMILES string of the molecule is Cc1cc(C)c(N(c2cc(O)c(C)cc2C)c2ccccc2Oc2c(O)ccc(C)c2C)cc1O. The highest BCUT2D eigenvalue weighted by molar-refractivity contribution is 5.85. The average molecular weight is 470 g/mol. The monoisotopic (exact) mass is 469 g/mol. The van der Waals surface area contributed by atoms with Crippen LogP contribution in [0.2, 0.25) is 0 Å². The van der Waals surface area contributed by atoms with Gasteiger partial charge in [-0.3, -0.25) is 0 Å². The quantitative estimate of drug-likeness (QED) is 0.277. The highest BCUT2D eigenvalue weighted by atomic mass is 16.5. The normalized spacial score (nSPS) is 10.9. The summed E-state index contributed by atoms with van der Waals surface area (Å²) in [6.07, 6.45) is 0. The first-order chi connectivity index (χ1) is 16.6. The van der Waals surface area contributed by atoms with E-state index in [0.29, 0.717) is 17.2 Å². The van der Waals surface area contributed by atoms with E-state index in [1.807, 2.05) is 88.9 Å². The second-order valence-electron chi connectivity index (χ2n) is 9.11. The van der Waals surface area contributed by atoms with Gasteiger partial charge in [-0.15, -0.1) is 0 Å². The van der Waals surface area contributed by atoms with Gasteiger partial charge in [0.2, 0.25) is 0 Å². The summed E-state index contributed by atoms with van der Waals surface area (Å²) in [5.74, 6) is 1.33. The van der Waals surface area contributed by atoms with Gasteiger partial charge < -0.3 is 25.0 Å². The van der Waals surface area contributed by atoms with E-state index in [-0.39, 0.29) is 17.2 Å². The number of nitrogens with zero attached hydrogens (tertiary/aromatic N) is 1. The molecule has 0 aromatic heterocycles. The van der Waals surface area contributed by atoms with Gasteiger partial charge in [-0.25, -0.2) is 0 Å². The lowest BCUT2D eigenvalue weighted by Gasteiger charge is -2.30. The number of ether oxygens (including phenoxy) is 1. The van der Waals surface area contributed by atoms with E-state index in [1.54, 1.807) is 18.2 Å². The summed E-state index contributed by atoms with van der Waals surface area (Å²) in [6, 6.07) is 18.3. The van der Waals surface area contributed by atoms with Crippen molar-refractivity contribution in [3.8, 4) is 28.7 Å². The van der Waals surface area contributed by atoms with Crippen LogP contribution in [-0.2, 0) is 0 Å². The molecule has 0 aliphatic carbocycles. The van der Waals surface area contributed by atoms with Crippen LogP contribution >= 0.6 is 0 Å². The molecule has 0 unspecified atom stereocenters. The first kappa shape index (κ1) is 24.0. The van der Waals surface area contributed by atoms with E-state index in [9.17, 15) is 15.3 Å². The second kappa shape index (κ2) is 9.26. The molecule has 4 aromatic carbocycles. The van der Waals surface area contributed by atoms with Crippen LogP contribution in [0.15, 0.2) is 60.7 Å². The van der Waals surface area contributed by atoms with Gasteiger partial charge in [-0.05, 0) is 93.1 Å². The van der Waals surface area contributed by atoms with Gasteiger partial charge in [-0.2, -0.15) is 0 Å². The molecule has 0 bridgehead atoms. The van der Waals surface area contributed by atoms with Crippen molar-refractivity contribution in [2.45, 2.75) is 41.5 Å². The van der Waals surface area contributed by atoms with E-state index < -0.39 is 0 Å². The molecule has 3 N–H and O–H groups in total. The lowest BCUT2D eigenvalue weighted by atomic mass is 10.0. The molecule has 0 aliphatic heterocycles. The fourth-order valence-electron chi connectivity index (χ4n) is 4.27. The molecule has 0 aliphatic rings. The molecule has 0 fully saturated rings. The Morgan fingerprint density at radius 3 is 1.66 bits per heavy atom. The maximum Gasteiger partial charge on any atom is 0.172 e. The molecule has 0 saturated carbocycles. The average Bonchev–Trinajstić information content (AvgIpc) is 2.81. The lowest BCUT2D eigenvalue weighted by Crippen LogP contribution is -2.14. The smallest absolute Gasteiger partial charge is 0.172 e. The molecule has 0 atom stereocenters. The fourth-order valence-corrected chi connectivity index (χ4v) is 4.27. The first-order valence-electron chi connectivity index (χ1n) is 11.5. The Hall–Kier alpha value is -4.12. The largest absolute Gasteiger partial charge is 0.508 e. The zero-order valence-electron chi connectivity index (χ0n) is 21.0. The van der Waals surface area contributed by atoms with Crippen molar-refractivity contribution < 1.29 is 20.1 Å². The number of aromatic hydroxyl groups is 3. The maximum absolute atomic E-state index is 10.6. The Morgan fingerprint density at radius 1 is 0.543 bits per heavy atom. The standard InChI is InChI=1S/C30H31NO4/c1-17-11-12-26(32)30(22(17)6)35-29-10-8-7-9-23(29)31(24-15-27(33)20(4)13-18(24)2)25-16-28(34)21(5)14-19(25)3/h7-16,32-34H,1-6H3. The molecule has 0 saturated heterocycles. The number of hydrogen-bond donors (Lipinski definition) is 3. The van der Waals surface area contributed by atoms with Crippen molar-refractivity contribution in [1.29, 1.82) is 0 Å². The fraction of sp³-hybridized carbons (Fsp3) is 0.200. The van der Waals surface area contributed by atoms with Crippen LogP contribution in [0.5, 0.6) is 28.7 Å². The lowest BCUT2D eigenvalue weighted by molar-refractivity contribution is 0.409. The molecule has 0 radical (unpaired) electrons. The van der Waals surface area contributed by atoms with Crippen LogP contribution < -0.4 is 9.64 Å². The number of hydrogen-bond acceptors (Lipinski definition) is 5. The molecule has 0 amide bonds. The molecule has 4 aromatic rings. The zero-order valence-corrected chi connectivity index (χ0v) is 21.0. The van der Waals surface area contributed by atoms with Crippen molar-refractivity contribution >= 4 is 17.1 Å². The Kier molecular flexibility index (Phi) is 6.35. The van der Waals surface area contributed by atoms with Crippen molar-refractivity contribution in [1.82, 2.24) is 0 Å². The van der Waals surface area contributed by atoms with E-state index in [2.05, 4.69) is 0 Å². The Balaban J connectivity index is 1.99. The summed E-state index contributed by atoms with van der Waals surface area (Å²) >= 11 is 0. The van der Waals surface area contributed by atoms with Crippen LogP contribution in [0.4, 0.5) is 17.1 Å². The highest BCUT2D eigenvalue weighted by Gasteiger charge is 2.23. The molecule has 5 nitrogen and oxygen atoms in total. The number of rotatable bonds is 5.